The lowest BCUT2D eigenvalue weighted by atomic mass is 9.92. The quantitative estimate of drug-likeness (QED) is 0.638. The molecule has 1 amide bonds. The predicted molar refractivity (Wildman–Crippen MR) is 101 cm³/mol. The van der Waals surface area contributed by atoms with Gasteiger partial charge in [-0.3, -0.25) is 5.10 Å². The number of nitrogens with zero attached hydrogens (tertiary/aromatic N) is 2. The lowest BCUT2D eigenvalue weighted by Crippen LogP contribution is -2.41. The smallest absolute Gasteiger partial charge is 0.410 e. The Morgan fingerprint density at radius 1 is 1.29 bits per heavy atom. The maximum absolute atomic E-state index is 12.2. The van der Waals surface area contributed by atoms with Crippen LogP contribution in [0.4, 0.5) is 4.79 Å². The highest BCUT2D eigenvalue weighted by Gasteiger charge is 2.29. The molecule has 24 heavy (non-hydrogen) atoms. The number of rotatable bonds is 1. The summed E-state index contributed by atoms with van der Waals surface area (Å²) in [5, 5.41) is 8.77. The Labute approximate surface area is 158 Å². The number of aromatic amines is 1. The van der Waals surface area contributed by atoms with Crippen LogP contribution in [0.15, 0.2) is 21.1 Å². The van der Waals surface area contributed by atoms with Crippen molar-refractivity contribution < 1.29 is 9.53 Å². The summed E-state index contributed by atoms with van der Waals surface area (Å²) in [6, 6.07) is 4.09. The lowest BCUT2D eigenvalue weighted by molar-refractivity contribution is 0.0204. The third kappa shape index (κ3) is 3.77. The van der Waals surface area contributed by atoms with Crippen molar-refractivity contribution in [2.75, 3.05) is 13.1 Å². The number of nitrogens with one attached hydrogen (secondary N) is 1. The summed E-state index contributed by atoms with van der Waals surface area (Å²) in [4.78, 5) is 14.0. The zero-order valence-corrected chi connectivity index (χ0v) is 17.2. The van der Waals surface area contributed by atoms with E-state index in [1.54, 1.807) is 4.90 Å². The molecule has 2 heterocycles. The van der Waals surface area contributed by atoms with Gasteiger partial charge in [0.1, 0.15) is 11.1 Å². The zero-order chi connectivity index (χ0) is 17.5. The van der Waals surface area contributed by atoms with E-state index in [0.717, 1.165) is 38.4 Å². The average molecular weight is 459 g/mol. The van der Waals surface area contributed by atoms with Crippen molar-refractivity contribution in [3.8, 4) is 0 Å². The summed E-state index contributed by atoms with van der Waals surface area (Å²) in [6.07, 6.45) is 1.59. The lowest BCUT2D eigenvalue weighted by Gasteiger charge is -2.33. The highest BCUT2D eigenvalue weighted by molar-refractivity contribution is 9.11. The number of amides is 1. The van der Waals surface area contributed by atoms with Crippen molar-refractivity contribution in [2.24, 2.45) is 0 Å². The molecule has 1 aliphatic rings. The van der Waals surface area contributed by atoms with Gasteiger partial charge in [0.15, 0.2) is 0 Å². The minimum absolute atomic E-state index is 0.221. The van der Waals surface area contributed by atoms with Gasteiger partial charge in [-0.2, -0.15) is 5.10 Å². The van der Waals surface area contributed by atoms with Crippen LogP contribution in [0.1, 0.15) is 45.2 Å². The number of carbonyl (C=O) groups excluding carboxylic acids is 1. The van der Waals surface area contributed by atoms with E-state index in [0.29, 0.717) is 19.0 Å². The van der Waals surface area contributed by atoms with Crippen LogP contribution in [0.3, 0.4) is 0 Å². The Morgan fingerprint density at radius 2 is 1.96 bits per heavy atom. The summed E-state index contributed by atoms with van der Waals surface area (Å²) < 4.78 is 7.46. The minimum atomic E-state index is -0.452. The van der Waals surface area contributed by atoms with Crippen molar-refractivity contribution >= 4 is 48.9 Å². The van der Waals surface area contributed by atoms with Crippen LogP contribution >= 0.6 is 31.9 Å². The molecule has 0 atom stereocenters. The molecule has 0 radical (unpaired) electrons. The number of aromatic nitrogens is 2. The van der Waals surface area contributed by atoms with Crippen molar-refractivity contribution in [3.05, 3.63) is 26.8 Å². The predicted octanol–water partition coefficient (Wildman–Crippen LogP) is 5.20. The first-order chi connectivity index (χ1) is 11.2. The molecule has 7 heteroatoms. The van der Waals surface area contributed by atoms with Crippen LogP contribution in [-0.2, 0) is 4.74 Å². The van der Waals surface area contributed by atoms with Gasteiger partial charge in [0.2, 0.25) is 0 Å². The Morgan fingerprint density at radius 3 is 2.58 bits per heavy atom. The zero-order valence-electron chi connectivity index (χ0n) is 14.0. The van der Waals surface area contributed by atoms with Crippen LogP contribution in [0, 0.1) is 0 Å². The third-order valence-corrected chi connectivity index (χ3v) is 5.22. The van der Waals surface area contributed by atoms with Gasteiger partial charge in [-0.15, -0.1) is 0 Å². The van der Waals surface area contributed by atoms with Gasteiger partial charge in [0.05, 0.1) is 0 Å². The minimum Gasteiger partial charge on any atom is -0.444 e. The molecule has 1 fully saturated rings. The van der Waals surface area contributed by atoms with Crippen molar-refractivity contribution in [2.45, 2.75) is 45.1 Å². The molecule has 0 saturated carbocycles. The number of hydrogen-bond acceptors (Lipinski definition) is 3. The van der Waals surface area contributed by atoms with E-state index in [4.69, 9.17) is 4.74 Å². The molecule has 0 aliphatic carbocycles. The van der Waals surface area contributed by atoms with Crippen LogP contribution < -0.4 is 0 Å². The summed E-state index contributed by atoms with van der Waals surface area (Å²) in [5.41, 5.74) is 1.64. The molecule has 1 N–H and O–H groups in total. The van der Waals surface area contributed by atoms with E-state index < -0.39 is 5.60 Å². The first kappa shape index (κ1) is 17.7. The van der Waals surface area contributed by atoms with Crippen LogP contribution in [0.25, 0.3) is 10.9 Å². The third-order valence-electron chi connectivity index (χ3n) is 4.16. The topological polar surface area (TPSA) is 58.2 Å². The summed E-state index contributed by atoms with van der Waals surface area (Å²) >= 11 is 7.10. The second kappa shape index (κ2) is 6.67. The maximum atomic E-state index is 12.2. The monoisotopic (exact) mass is 457 g/mol. The Bertz CT molecular complexity index is 759. The first-order valence-electron chi connectivity index (χ1n) is 8.05. The normalized spacial score (nSPS) is 16.6. The van der Waals surface area contributed by atoms with Crippen LogP contribution in [0.2, 0.25) is 0 Å². The molecule has 130 valence electrons. The van der Waals surface area contributed by atoms with E-state index in [2.05, 4.69) is 48.1 Å². The number of likely N-dealkylation sites (tertiary alicyclic amines) is 1. The van der Waals surface area contributed by atoms with E-state index in [-0.39, 0.29) is 6.09 Å². The standard InChI is InChI=1S/C17H21Br2N3O2/c1-17(2,3)24-16(23)22-6-4-10(5-7-22)14-12-8-11(18)9-13(19)15(12)21-20-14/h8-10H,4-7H2,1-3H3,(H,20,21). The second-order valence-electron chi connectivity index (χ2n) is 7.16. The number of piperidine rings is 1. The molecule has 3 rings (SSSR count). The highest BCUT2D eigenvalue weighted by Crippen LogP contribution is 2.35. The molecule has 0 unspecified atom stereocenters. The fourth-order valence-corrected chi connectivity index (χ4v) is 4.36. The van der Waals surface area contributed by atoms with Gasteiger partial charge in [-0.1, -0.05) is 15.9 Å². The number of H-pyrrole nitrogens is 1. The molecule has 1 aromatic heterocycles. The fourth-order valence-electron chi connectivity index (χ4n) is 3.05. The Balaban J connectivity index is 1.72. The number of benzene rings is 1. The number of hydrogen-bond donors (Lipinski definition) is 1. The van der Waals surface area contributed by atoms with Gasteiger partial charge in [-0.05, 0) is 61.7 Å². The molecule has 0 spiro atoms. The van der Waals surface area contributed by atoms with Crippen molar-refractivity contribution in [1.82, 2.24) is 15.1 Å². The van der Waals surface area contributed by atoms with Crippen molar-refractivity contribution in [3.63, 3.8) is 0 Å². The van der Waals surface area contributed by atoms with Gasteiger partial charge in [-0.25, -0.2) is 4.79 Å². The molecule has 2 aromatic rings. The Kier molecular flexibility index (Phi) is 4.93. The molecular weight excluding hydrogens is 438 g/mol. The van der Waals surface area contributed by atoms with E-state index in [9.17, 15) is 4.79 Å². The number of carbonyl (C=O) groups is 1. The van der Waals surface area contributed by atoms with Crippen LogP contribution in [-0.4, -0.2) is 39.9 Å². The molecule has 1 saturated heterocycles. The van der Waals surface area contributed by atoms with E-state index in [1.165, 1.54) is 0 Å². The highest BCUT2D eigenvalue weighted by atomic mass is 79.9. The fraction of sp³-hybridized carbons (Fsp3) is 0.529. The number of halogens is 2. The molecular formula is C17H21Br2N3O2. The van der Waals surface area contributed by atoms with Gasteiger partial charge in [0, 0.05) is 39.0 Å². The molecule has 1 aromatic carbocycles. The molecule has 0 bridgehead atoms. The number of ether oxygens (including phenoxy) is 1. The van der Waals surface area contributed by atoms with Gasteiger partial charge >= 0.3 is 6.09 Å². The average Bonchev–Trinajstić information content (AvgIpc) is 2.89. The molecule has 5 nitrogen and oxygen atoms in total. The second-order valence-corrected chi connectivity index (χ2v) is 8.93. The molecule has 1 aliphatic heterocycles. The largest absolute Gasteiger partial charge is 0.444 e. The van der Waals surface area contributed by atoms with E-state index in [1.807, 2.05) is 26.8 Å². The summed E-state index contributed by atoms with van der Waals surface area (Å²) in [7, 11) is 0. The van der Waals surface area contributed by atoms with Crippen LogP contribution in [0.5, 0.6) is 0 Å². The SMILES string of the molecule is CC(C)(C)OC(=O)N1CCC(c2[nH]nc3c(Br)cc(Br)cc23)CC1. The summed E-state index contributed by atoms with van der Waals surface area (Å²) in [6.45, 7) is 7.09. The van der Waals surface area contributed by atoms with E-state index >= 15 is 0 Å². The first-order valence-corrected chi connectivity index (χ1v) is 9.64. The maximum Gasteiger partial charge on any atom is 0.410 e. The number of fused-ring (bicyclic) bond motifs is 1. The van der Waals surface area contributed by atoms with Crippen molar-refractivity contribution in [1.29, 1.82) is 0 Å². The van der Waals surface area contributed by atoms with Gasteiger partial charge < -0.3 is 9.64 Å². The summed E-state index contributed by atoms with van der Waals surface area (Å²) in [5.74, 6) is 0.370. The van der Waals surface area contributed by atoms with Gasteiger partial charge in [0.25, 0.3) is 0 Å². The Hall–Kier alpha value is -1.08.